The molecule has 202 valence electrons. The van der Waals surface area contributed by atoms with Crippen LogP contribution in [-0.2, 0) is 9.47 Å². The van der Waals surface area contributed by atoms with Gasteiger partial charge in [-0.2, -0.15) is 0 Å². The van der Waals surface area contributed by atoms with Crippen molar-refractivity contribution in [2.24, 2.45) is 0 Å². The van der Waals surface area contributed by atoms with E-state index in [2.05, 4.69) is 0 Å². The molecule has 2 N–H and O–H groups in total. The summed E-state index contributed by atoms with van der Waals surface area (Å²) in [6.45, 7) is 14.0. The summed E-state index contributed by atoms with van der Waals surface area (Å²) >= 11 is 0. The van der Waals surface area contributed by atoms with Gasteiger partial charge in [0.25, 0.3) is 0 Å². The Bertz CT molecular complexity index is 494. The summed E-state index contributed by atoms with van der Waals surface area (Å²) in [5, 5.41) is 18.0. The molecule has 2 amide bonds. The molecule has 0 saturated heterocycles. The zero-order valence-corrected chi connectivity index (χ0v) is 22.7. The quantitative estimate of drug-likeness (QED) is 0.268. The summed E-state index contributed by atoms with van der Waals surface area (Å²) in [7, 11) is 0. The van der Waals surface area contributed by atoms with Crippen molar-refractivity contribution in [3.63, 3.8) is 0 Å². The number of amides is 2. The van der Waals surface area contributed by atoms with Crippen LogP contribution in [0.4, 0.5) is 9.59 Å². The molecule has 0 aliphatic carbocycles. The van der Waals surface area contributed by atoms with Gasteiger partial charge in [-0.15, -0.1) is 0 Å². The normalized spacial score (nSPS) is 11.9. The third kappa shape index (κ3) is 18.8. The van der Waals surface area contributed by atoms with Crippen molar-refractivity contribution in [2.75, 3.05) is 39.4 Å². The summed E-state index contributed by atoms with van der Waals surface area (Å²) in [6, 6.07) is 0. The van der Waals surface area contributed by atoms with Crippen LogP contribution in [0.3, 0.4) is 0 Å². The van der Waals surface area contributed by atoms with Crippen LogP contribution in [0.2, 0.25) is 0 Å². The smallest absolute Gasteiger partial charge is 0.410 e. The van der Waals surface area contributed by atoms with Crippen LogP contribution in [0.1, 0.15) is 106 Å². The fraction of sp³-hybridized carbons (Fsp3) is 0.923. The van der Waals surface area contributed by atoms with Gasteiger partial charge in [-0.05, 0) is 80.1 Å². The van der Waals surface area contributed by atoms with Crippen LogP contribution < -0.4 is 0 Å². The molecule has 0 rings (SSSR count). The zero-order valence-electron chi connectivity index (χ0n) is 22.7. The number of hydrogen-bond acceptors (Lipinski definition) is 6. The highest BCUT2D eigenvalue weighted by atomic mass is 16.6. The van der Waals surface area contributed by atoms with Crippen LogP contribution in [0, 0.1) is 0 Å². The van der Waals surface area contributed by atoms with Crippen molar-refractivity contribution in [3.05, 3.63) is 0 Å². The average Bonchev–Trinajstić information content (AvgIpc) is 2.70. The van der Waals surface area contributed by atoms with Crippen LogP contribution in [-0.4, -0.2) is 82.8 Å². The number of rotatable bonds is 17. The van der Waals surface area contributed by atoms with Crippen molar-refractivity contribution in [1.29, 1.82) is 0 Å². The van der Waals surface area contributed by atoms with Crippen LogP contribution >= 0.6 is 0 Å². The fourth-order valence-corrected chi connectivity index (χ4v) is 3.38. The number of unbranched alkanes of at least 4 members (excludes halogenated alkanes) is 7. The van der Waals surface area contributed by atoms with Crippen molar-refractivity contribution in [1.82, 2.24) is 9.80 Å². The summed E-state index contributed by atoms with van der Waals surface area (Å²) in [5.74, 6) is 0. The maximum absolute atomic E-state index is 12.4. The lowest BCUT2D eigenvalue weighted by Crippen LogP contribution is -2.38. The number of aliphatic hydroxyl groups excluding tert-OH is 2. The molecule has 0 unspecified atom stereocenters. The number of carbonyl (C=O) groups excluding carboxylic acids is 2. The van der Waals surface area contributed by atoms with Gasteiger partial charge in [0.2, 0.25) is 0 Å². The lowest BCUT2D eigenvalue weighted by molar-refractivity contribution is 0.0229. The van der Waals surface area contributed by atoms with E-state index in [1.807, 2.05) is 41.5 Å². The molecule has 0 aromatic carbocycles. The molecule has 8 heteroatoms. The Hall–Kier alpha value is -1.54. The van der Waals surface area contributed by atoms with Gasteiger partial charge < -0.3 is 29.5 Å². The van der Waals surface area contributed by atoms with E-state index < -0.39 is 11.2 Å². The summed E-state index contributed by atoms with van der Waals surface area (Å²) in [4.78, 5) is 28.4. The Kier molecular flexibility index (Phi) is 17.0. The van der Waals surface area contributed by atoms with Gasteiger partial charge in [0.1, 0.15) is 11.2 Å². The van der Waals surface area contributed by atoms with Gasteiger partial charge in [0.15, 0.2) is 0 Å². The number of aliphatic hydroxyl groups is 2. The zero-order chi connectivity index (χ0) is 26.0. The third-order valence-corrected chi connectivity index (χ3v) is 5.08. The molecule has 8 nitrogen and oxygen atoms in total. The Labute approximate surface area is 208 Å². The van der Waals surface area contributed by atoms with E-state index >= 15 is 0 Å². The molecule has 0 aromatic rings. The summed E-state index contributed by atoms with van der Waals surface area (Å²) in [5.41, 5.74) is -1.03. The molecule has 0 saturated carbocycles. The second-order valence-electron chi connectivity index (χ2n) is 10.9. The first-order valence-corrected chi connectivity index (χ1v) is 13.1. The number of hydrogen-bond donors (Lipinski definition) is 2. The molecule has 0 aromatic heterocycles. The molecular formula is C26H52N2O6. The van der Waals surface area contributed by atoms with Crippen LogP contribution in [0.5, 0.6) is 0 Å². The maximum atomic E-state index is 12.4. The molecule has 0 fully saturated rings. The molecule has 34 heavy (non-hydrogen) atoms. The van der Waals surface area contributed by atoms with E-state index in [0.717, 1.165) is 51.4 Å². The van der Waals surface area contributed by atoms with Gasteiger partial charge >= 0.3 is 12.2 Å². The van der Waals surface area contributed by atoms with Gasteiger partial charge in [-0.1, -0.05) is 25.7 Å². The minimum atomic E-state index is -0.516. The summed E-state index contributed by atoms with van der Waals surface area (Å²) < 4.78 is 11.0. The minimum Gasteiger partial charge on any atom is -0.444 e. The predicted octanol–water partition coefficient (Wildman–Crippen LogP) is 5.35. The Morgan fingerprint density at radius 1 is 0.529 bits per heavy atom. The largest absolute Gasteiger partial charge is 0.444 e. The molecule has 0 aliphatic rings. The Morgan fingerprint density at radius 2 is 0.794 bits per heavy atom. The topological polar surface area (TPSA) is 99.5 Å². The lowest BCUT2D eigenvalue weighted by atomic mass is 10.1. The Balaban J connectivity index is 4.28. The maximum Gasteiger partial charge on any atom is 0.410 e. The fourth-order valence-electron chi connectivity index (χ4n) is 3.38. The van der Waals surface area contributed by atoms with Crippen molar-refractivity contribution in [3.8, 4) is 0 Å². The predicted molar refractivity (Wildman–Crippen MR) is 136 cm³/mol. The lowest BCUT2D eigenvalue weighted by Gasteiger charge is -2.27. The van der Waals surface area contributed by atoms with E-state index in [9.17, 15) is 9.59 Å². The highest BCUT2D eigenvalue weighted by molar-refractivity contribution is 5.68. The number of carbonyl (C=O) groups is 2. The van der Waals surface area contributed by atoms with Gasteiger partial charge in [0.05, 0.1) is 0 Å². The molecule has 0 heterocycles. The molecule has 0 bridgehead atoms. The second kappa shape index (κ2) is 17.8. The standard InChI is InChI=1S/C26H52N2O6/c1-25(2,3)33-23(31)27(19-13-15-21-29)17-11-9-7-8-10-12-18-28(20-14-16-22-30)24(32)34-26(4,5)6/h29-30H,7-22H2,1-6H3. The van der Waals surface area contributed by atoms with Crippen LogP contribution in [0.15, 0.2) is 0 Å². The number of ether oxygens (including phenoxy) is 2. The molecular weight excluding hydrogens is 436 g/mol. The highest BCUT2D eigenvalue weighted by Gasteiger charge is 2.22. The summed E-state index contributed by atoms with van der Waals surface area (Å²) in [6.07, 6.45) is 8.39. The first-order chi connectivity index (χ1) is 15.9. The van der Waals surface area contributed by atoms with E-state index in [4.69, 9.17) is 19.7 Å². The van der Waals surface area contributed by atoms with E-state index in [1.54, 1.807) is 9.80 Å². The van der Waals surface area contributed by atoms with Gasteiger partial charge in [0, 0.05) is 39.4 Å². The highest BCUT2D eigenvalue weighted by Crippen LogP contribution is 2.14. The third-order valence-electron chi connectivity index (χ3n) is 5.08. The SMILES string of the molecule is CC(C)(C)OC(=O)N(CCCCO)CCCCCCCCN(CCCCO)C(=O)OC(C)(C)C. The van der Waals surface area contributed by atoms with Crippen molar-refractivity contribution < 1.29 is 29.3 Å². The van der Waals surface area contributed by atoms with E-state index in [0.29, 0.717) is 39.0 Å². The minimum absolute atomic E-state index is 0.134. The molecule has 0 spiro atoms. The van der Waals surface area contributed by atoms with Gasteiger partial charge in [-0.3, -0.25) is 0 Å². The molecule has 0 atom stereocenters. The van der Waals surface area contributed by atoms with Crippen LogP contribution in [0.25, 0.3) is 0 Å². The monoisotopic (exact) mass is 488 g/mol. The molecule has 0 radical (unpaired) electrons. The van der Waals surface area contributed by atoms with Crippen molar-refractivity contribution in [2.45, 2.75) is 117 Å². The van der Waals surface area contributed by atoms with Crippen molar-refractivity contribution >= 4 is 12.2 Å². The first-order valence-electron chi connectivity index (χ1n) is 13.1. The molecule has 0 aliphatic heterocycles. The Morgan fingerprint density at radius 3 is 1.06 bits per heavy atom. The number of nitrogens with zero attached hydrogens (tertiary/aromatic N) is 2. The van der Waals surface area contributed by atoms with E-state index in [-0.39, 0.29) is 25.4 Å². The second-order valence-corrected chi connectivity index (χ2v) is 10.9. The van der Waals surface area contributed by atoms with Gasteiger partial charge in [-0.25, -0.2) is 9.59 Å². The van der Waals surface area contributed by atoms with E-state index in [1.165, 1.54) is 0 Å². The first kappa shape index (κ1) is 32.5. The average molecular weight is 489 g/mol.